The number of aliphatic imine (C=N–C) groups is 1. The second-order valence-corrected chi connectivity index (χ2v) is 10.5. The molecule has 1 aliphatic carbocycles. The fraction of sp³-hybridized carbons (Fsp3) is 0.522. The first-order valence-corrected chi connectivity index (χ1v) is 11.6. The third-order valence-corrected chi connectivity index (χ3v) is 8.79. The summed E-state index contributed by atoms with van der Waals surface area (Å²) in [6, 6.07) is 0. The van der Waals surface area contributed by atoms with Gasteiger partial charge in [0.05, 0.1) is 5.69 Å². The quantitative estimate of drug-likeness (QED) is 0.707. The van der Waals surface area contributed by atoms with E-state index < -0.39 is 0 Å². The third kappa shape index (κ3) is 2.39. The van der Waals surface area contributed by atoms with E-state index in [1.807, 2.05) is 11.3 Å². The maximum absolute atomic E-state index is 4.51. The molecule has 3 atom stereocenters. The first-order chi connectivity index (χ1) is 14.0. The van der Waals surface area contributed by atoms with E-state index in [1.165, 1.54) is 57.6 Å². The second kappa shape index (κ2) is 5.99. The first-order valence-electron chi connectivity index (χ1n) is 10.8. The highest BCUT2D eigenvalue weighted by Gasteiger charge is 2.57. The highest BCUT2D eigenvalue weighted by atomic mass is 32.1. The zero-order valence-electron chi connectivity index (χ0n) is 17.6. The van der Waals surface area contributed by atoms with Gasteiger partial charge in [-0.25, -0.2) is 4.99 Å². The summed E-state index contributed by atoms with van der Waals surface area (Å²) in [5, 5.41) is 7.17. The molecule has 5 heterocycles. The Labute approximate surface area is 175 Å². The van der Waals surface area contributed by atoms with Crippen molar-refractivity contribution < 1.29 is 0 Å². The standard InChI is InChI=1S/C23H29N5S/c1-12(2)17-18-14(4)20(23-5-6-24-9-16(23)8-23)29-22(18)27-19(17)15-7-13(3)21-25-11-26-28(21)10-15/h7,10-12,16,21,24,27H,5-6,8-9H2,1-4H3,(H,25,26). The average molecular weight is 408 g/mol. The molecule has 3 N–H and O–H groups in total. The molecule has 6 heteroatoms. The van der Waals surface area contributed by atoms with Gasteiger partial charge >= 0.3 is 0 Å². The largest absolute Gasteiger partial charge is 0.346 e. The van der Waals surface area contributed by atoms with Crippen LogP contribution in [-0.4, -0.2) is 35.6 Å². The molecule has 0 amide bonds. The summed E-state index contributed by atoms with van der Waals surface area (Å²) in [7, 11) is 0. The van der Waals surface area contributed by atoms with Crippen LogP contribution in [-0.2, 0) is 5.41 Å². The molecule has 2 aromatic heterocycles. The van der Waals surface area contributed by atoms with Gasteiger partial charge in [0, 0.05) is 27.5 Å². The smallest absolute Gasteiger partial charge is 0.162 e. The molecule has 2 aromatic rings. The van der Waals surface area contributed by atoms with Crippen LogP contribution < -0.4 is 10.7 Å². The predicted molar refractivity (Wildman–Crippen MR) is 121 cm³/mol. The number of hydrogen-bond acceptors (Lipinski definition) is 5. The Kier molecular flexibility index (Phi) is 3.67. The van der Waals surface area contributed by atoms with Crippen molar-refractivity contribution in [2.24, 2.45) is 10.9 Å². The van der Waals surface area contributed by atoms with Crippen molar-refractivity contribution >= 4 is 33.5 Å². The Bertz CT molecular complexity index is 1100. The molecular weight excluding hydrogens is 378 g/mol. The van der Waals surface area contributed by atoms with Crippen LogP contribution in [0.2, 0.25) is 0 Å². The van der Waals surface area contributed by atoms with Crippen LogP contribution in [0.1, 0.15) is 61.2 Å². The minimum absolute atomic E-state index is 0.0940. The third-order valence-electron chi connectivity index (χ3n) is 7.37. The number of rotatable bonds is 3. The first kappa shape index (κ1) is 17.8. The van der Waals surface area contributed by atoms with Crippen LogP contribution in [0.25, 0.3) is 15.8 Å². The van der Waals surface area contributed by atoms with E-state index in [2.05, 4.69) is 65.7 Å². The molecule has 6 rings (SSSR count). The number of allylic oxidation sites excluding steroid dienone is 2. The van der Waals surface area contributed by atoms with Crippen LogP contribution in [0.15, 0.2) is 22.8 Å². The Morgan fingerprint density at radius 2 is 2.17 bits per heavy atom. The van der Waals surface area contributed by atoms with E-state index in [-0.39, 0.29) is 6.17 Å². The summed E-state index contributed by atoms with van der Waals surface area (Å²) in [6.07, 6.45) is 9.04. The van der Waals surface area contributed by atoms with Gasteiger partial charge in [0.1, 0.15) is 11.2 Å². The molecule has 3 unspecified atom stereocenters. The van der Waals surface area contributed by atoms with Crippen molar-refractivity contribution in [3.8, 4) is 0 Å². The van der Waals surface area contributed by atoms with Crippen molar-refractivity contribution in [1.29, 1.82) is 0 Å². The molecule has 29 heavy (non-hydrogen) atoms. The van der Waals surface area contributed by atoms with Gasteiger partial charge in [-0.05, 0) is 74.4 Å². The van der Waals surface area contributed by atoms with Crippen molar-refractivity contribution in [3.63, 3.8) is 0 Å². The fourth-order valence-corrected chi connectivity index (χ4v) is 7.38. The molecule has 1 saturated heterocycles. The number of thiophene rings is 1. The van der Waals surface area contributed by atoms with Crippen LogP contribution >= 0.6 is 11.3 Å². The van der Waals surface area contributed by atoms with Gasteiger partial charge < -0.3 is 10.3 Å². The number of aryl methyl sites for hydroxylation is 1. The van der Waals surface area contributed by atoms with E-state index in [0.717, 1.165) is 12.5 Å². The van der Waals surface area contributed by atoms with E-state index in [1.54, 1.807) is 11.2 Å². The van der Waals surface area contributed by atoms with Crippen LogP contribution in [0.4, 0.5) is 0 Å². The van der Waals surface area contributed by atoms with Gasteiger partial charge in [-0.15, -0.1) is 11.3 Å². The predicted octanol–water partition coefficient (Wildman–Crippen LogP) is 4.39. The summed E-state index contributed by atoms with van der Waals surface area (Å²) in [6.45, 7) is 11.5. The highest BCUT2D eigenvalue weighted by Crippen LogP contribution is 2.61. The molecule has 2 fully saturated rings. The Hall–Kier alpha value is -2.05. The number of hydrazine groups is 1. The number of aromatic nitrogens is 1. The Morgan fingerprint density at radius 1 is 1.31 bits per heavy atom. The normalized spacial score (nSPS) is 30.3. The van der Waals surface area contributed by atoms with Gasteiger partial charge in [0.25, 0.3) is 0 Å². The Morgan fingerprint density at radius 3 is 2.97 bits per heavy atom. The summed E-state index contributed by atoms with van der Waals surface area (Å²) >= 11 is 2.02. The number of aromatic amines is 1. The molecule has 0 aromatic carbocycles. The number of hydrogen-bond donors (Lipinski definition) is 3. The average Bonchev–Trinajstić information content (AvgIpc) is 2.98. The van der Waals surface area contributed by atoms with Crippen LogP contribution in [0.3, 0.4) is 0 Å². The molecular formula is C23H29N5S. The summed E-state index contributed by atoms with van der Waals surface area (Å²) in [5.74, 6) is 1.31. The summed E-state index contributed by atoms with van der Waals surface area (Å²) in [5.41, 5.74) is 10.5. The minimum atomic E-state index is 0.0940. The molecule has 3 aliphatic heterocycles. The topological polar surface area (TPSA) is 55.5 Å². The number of fused-ring (bicyclic) bond motifs is 3. The minimum Gasteiger partial charge on any atom is -0.346 e. The molecule has 4 aliphatic rings. The van der Waals surface area contributed by atoms with E-state index >= 15 is 0 Å². The SMILES string of the molecule is CC1=CC(c2[nH]c3sc(C45CCNCC4C5)c(C)c3c2C(C)C)=CN2NC=NC12. The van der Waals surface area contributed by atoms with E-state index in [0.29, 0.717) is 11.3 Å². The van der Waals surface area contributed by atoms with Crippen molar-refractivity contribution in [1.82, 2.24) is 20.7 Å². The lowest BCUT2D eigenvalue weighted by Crippen LogP contribution is -2.36. The molecule has 0 radical (unpaired) electrons. The summed E-state index contributed by atoms with van der Waals surface area (Å²) in [4.78, 5) is 11.4. The Balaban J connectivity index is 1.49. The van der Waals surface area contributed by atoms with Crippen molar-refractivity contribution in [2.45, 2.75) is 58.0 Å². The van der Waals surface area contributed by atoms with E-state index in [9.17, 15) is 0 Å². The highest BCUT2D eigenvalue weighted by molar-refractivity contribution is 7.19. The molecule has 5 nitrogen and oxygen atoms in total. The number of H-pyrrole nitrogens is 1. The molecule has 152 valence electrons. The number of piperidine rings is 1. The zero-order chi connectivity index (χ0) is 19.9. The molecule has 0 spiro atoms. The lowest BCUT2D eigenvalue weighted by molar-refractivity contribution is 0.305. The second-order valence-electron chi connectivity index (χ2n) is 9.50. The van der Waals surface area contributed by atoms with Crippen LogP contribution in [0.5, 0.6) is 0 Å². The van der Waals surface area contributed by atoms with Crippen molar-refractivity contribution in [3.05, 3.63) is 39.5 Å². The van der Waals surface area contributed by atoms with Gasteiger partial charge in [0.15, 0.2) is 6.17 Å². The number of nitrogens with zero attached hydrogens (tertiary/aromatic N) is 2. The van der Waals surface area contributed by atoms with E-state index in [4.69, 9.17) is 0 Å². The fourth-order valence-electron chi connectivity index (χ4n) is 5.85. The van der Waals surface area contributed by atoms with Crippen molar-refractivity contribution in [2.75, 3.05) is 13.1 Å². The van der Waals surface area contributed by atoms with Crippen LogP contribution in [0, 0.1) is 12.8 Å². The summed E-state index contributed by atoms with van der Waals surface area (Å²) < 4.78 is 0. The number of nitrogens with one attached hydrogen (secondary N) is 3. The lowest BCUT2D eigenvalue weighted by atomic mass is 9.89. The molecule has 0 bridgehead atoms. The molecule has 1 saturated carbocycles. The monoisotopic (exact) mass is 407 g/mol. The zero-order valence-corrected chi connectivity index (χ0v) is 18.4. The maximum atomic E-state index is 4.51. The van der Waals surface area contributed by atoms with Gasteiger partial charge in [-0.3, -0.25) is 10.4 Å². The maximum Gasteiger partial charge on any atom is 0.162 e. The van der Waals surface area contributed by atoms with Gasteiger partial charge in [0.2, 0.25) is 0 Å². The lowest BCUT2D eigenvalue weighted by Gasteiger charge is -2.27. The van der Waals surface area contributed by atoms with Gasteiger partial charge in [-0.1, -0.05) is 13.8 Å². The van der Waals surface area contributed by atoms with Gasteiger partial charge in [-0.2, -0.15) is 0 Å².